The van der Waals surface area contributed by atoms with Crippen molar-refractivity contribution in [3.8, 4) is 0 Å². The van der Waals surface area contributed by atoms with Crippen molar-refractivity contribution in [1.82, 2.24) is 15.5 Å². The molecule has 0 bridgehead atoms. The predicted molar refractivity (Wildman–Crippen MR) is 144 cm³/mol. The summed E-state index contributed by atoms with van der Waals surface area (Å²) in [4.78, 5) is 40.2. The van der Waals surface area contributed by atoms with Crippen LogP contribution in [-0.2, 0) is 19.8 Å². The first kappa shape index (κ1) is 30.8. The molecule has 35 heavy (non-hydrogen) atoms. The molecule has 3 N–H and O–H groups in total. The molecule has 0 fully saturated rings. The van der Waals surface area contributed by atoms with E-state index in [2.05, 4.69) is 26.6 Å². The standard InChI is InChI=1S/C27H42BrN3O4/c1-16(2)20(14-17(3)25(34)35)31(10)24(33)22(26(4,5)6)30-23(32)21(29-9)27(7,8)18-12-11-13-19(28)15-18/h11-16,20-22,29H,1-10H3,(H,30,32)(H,34,35)/b17-14+. The molecule has 0 radical (unpaired) electrons. The first-order valence-electron chi connectivity index (χ1n) is 11.9. The Morgan fingerprint density at radius 1 is 1.09 bits per heavy atom. The van der Waals surface area contributed by atoms with Crippen molar-refractivity contribution < 1.29 is 19.5 Å². The molecule has 0 spiro atoms. The Labute approximate surface area is 218 Å². The zero-order valence-corrected chi connectivity index (χ0v) is 24.3. The van der Waals surface area contributed by atoms with E-state index in [9.17, 15) is 19.5 Å². The van der Waals surface area contributed by atoms with Gasteiger partial charge < -0.3 is 20.6 Å². The number of nitrogens with one attached hydrogen (secondary N) is 2. The highest BCUT2D eigenvalue weighted by molar-refractivity contribution is 9.10. The Balaban J connectivity index is 3.32. The second kappa shape index (κ2) is 12.2. The SMILES string of the molecule is CNC(C(=O)NC(C(=O)N(C)C(/C=C(\C)C(=O)O)C(C)C)C(C)(C)C)C(C)(C)c1cccc(Br)c1. The average Bonchev–Trinajstić information content (AvgIpc) is 2.73. The van der Waals surface area contributed by atoms with Crippen LogP contribution < -0.4 is 10.6 Å². The Morgan fingerprint density at radius 3 is 2.09 bits per heavy atom. The van der Waals surface area contributed by atoms with Gasteiger partial charge in [-0.3, -0.25) is 9.59 Å². The fraction of sp³-hybridized carbons (Fsp3) is 0.593. The lowest BCUT2D eigenvalue weighted by molar-refractivity contribution is -0.141. The van der Waals surface area contributed by atoms with Gasteiger partial charge in [-0.15, -0.1) is 0 Å². The molecule has 0 heterocycles. The van der Waals surface area contributed by atoms with Gasteiger partial charge in [0.05, 0.1) is 12.1 Å². The maximum atomic E-state index is 13.7. The number of carboxylic acid groups (broad SMARTS) is 1. The topological polar surface area (TPSA) is 98.7 Å². The molecular weight excluding hydrogens is 510 g/mol. The van der Waals surface area contributed by atoms with Crippen LogP contribution >= 0.6 is 15.9 Å². The van der Waals surface area contributed by atoms with E-state index in [1.165, 1.54) is 6.92 Å². The third-order valence-electron chi connectivity index (χ3n) is 6.48. The van der Waals surface area contributed by atoms with Crippen molar-refractivity contribution >= 4 is 33.7 Å². The summed E-state index contributed by atoms with van der Waals surface area (Å²) in [5.41, 5.74) is 0.00526. The van der Waals surface area contributed by atoms with Crippen LogP contribution in [0.5, 0.6) is 0 Å². The summed E-state index contributed by atoms with van der Waals surface area (Å²) in [7, 11) is 3.39. The minimum absolute atomic E-state index is 0.0184. The van der Waals surface area contributed by atoms with Gasteiger partial charge in [-0.25, -0.2) is 4.79 Å². The van der Waals surface area contributed by atoms with Crippen LogP contribution in [0.25, 0.3) is 0 Å². The van der Waals surface area contributed by atoms with Crippen molar-refractivity contribution in [2.45, 2.75) is 78.9 Å². The van der Waals surface area contributed by atoms with E-state index in [4.69, 9.17) is 0 Å². The molecule has 196 valence electrons. The van der Waals surface area contributed by atoms with Gasteiger partial charge in [0, 0.05) is 22.5 Å². The van der Waals surface area contributed by atoms with Gasteiger partial charge in [-0.2, -0.15) is 0 Å². The lowest BCUT2D eigenvalue weighted by Gasteiger charge is -2.40. The number of hydrogen-bond donors (Lipinski definition) is 3. The van der Waals surface area contributed by atoms with Crippen LogP contribution in [0.4, 0.5) is 0 Å². The largest absolute Gasteiger partial charge is 0.478 e. The van der Waals surface area contributed by atoms with Crippen LogP contribution in [0.15, 0.2) is 40.4 Å². The first-order valence-corrected chi connectivity index (χ1v) is 12.7. The summed E-state index contributed by atoms with van der Waals surface area (Å²) in [5.74, 6) is -1.59. The van der Waals surface area contributed by atoms with E-state index in [1.54, 1.807) is 25.1 Å². The number of likely N-dealkylation sites (N-methyl/N-ethyl adjacent to an activating group) is 2. The molecule has 0 saturated carbocycles. The molecule has 2 amide bonds. The van der Waals surface area contributed by atoms with Crippen molar-refractivity contribution in [1.29, 1.82) is 0 Å². The highest BCUT2D eigenvalue weighted by atomic mass is 79.9. The molecule has 3 atom stereocenters. The molecule has 0 saturated heterocycles. The molecule has 0 aliphatic rings. The quantitative estimate of drug-likeness (QED) is 0.375. The molecule has 1 aromatic carbocycles. The smallest absolute Gasteiger partial charge is 0.331 e. The molecular formula is C27H42BrN3O4. The first-order chi connectivity index (χ1) is 15.9. The van der Waals surface area contributed by atoms with Gasteiger partial charge in [-0.1, -0.05) is 82.6 Å². The number of nitrogens with zero attached hydrogens (tertiary/aromatic N) is 1. The highest BCUT2D eigenvalue weighted by Gasteiger charge is 2.41. The fourth-order valence-electron chi connectivity index (χ4n) is 4.18. The number of carboxylic acids is 1. The van der Waals surface area contributed by atoms with Crippen LogP contribution in [0.1, 0.15) is 61.0 Å². The van der Waals surface area contributed by atoms with Crippen LogP contribution in [0.3, 0.4) is 0 Å². The lowest BCUT2D eigenvalue weighted by Crippen LogP contribution is -2.61. The number of halogens is 1. The number of benzene rings is 1. The second-order valence-electron chi connectivity index (χ2n) is 11.1. The lowest BCUT2D eigenvalue weighted by atomic mass is 9.76. The number of amides is 2. The molecule has 3 unspecified atom stereocenters. The minimum atomic E-state index is -1.02. The summed E-state index contributed by atoms with van der Waals surface area (Å²) in [6, 6.07) is 5.99. The Bertz CT molecular complexity index is 950. The van der Waals surface area contributed by atoms with Gasteiger partial charge in [-0.05, 0) is 43.0 Å². The van der Waals surface area contributed by atoms with Crippen molar-refractivity contribution in [2.24, 2.45) is 11.3 Å². The maximum absolute atomic E-state index is 13.7. The van der Waals surface area contributed by atoms with E-state index in [1.807, 2.05) is 72.7 Å². The normalized spacial score (nSPS) is 15.4. The summed E-state index contributed by atoms with van der Waals surface area (Å²) in [6.07, 6.45) is 1.60. The van der Waals surface area contributed by atoms with Crippen LogP contribution in [0, 0.1) is 11.3 Å². The number of carbonyl (C=O) groups excluding carboxylic acids is 2. The zero-order chi connectivity index (χ0) is 27.3. The van der Waals surface area contributed by atoms with E-state index in [0.717, 1.165) is 10.0 Å². The molecule has 1 aromatic rings. The van der Waals surface area contributed by atoms with Crippen molar-refractivity contribution in [2.75, 3.05) is 14.1 Å². The van der Waals surface area contributed by atoms with E-state index >= 15 is 0 Å². The van der Waals surface area contributed by atoms with Crippen LogP contribution in [0.2, 0.25) is 0 Å². The zero-order valence-electron chi connectivity index (χ0n) is 22.7. The van der Waals surface area contributed by atoms with Gasteiger partial charge in [0.25, 0.3) is 0 Å². The summed E-state index contributed by atoms with van der Waals surface area (Å²) in [6.45, 7) is 15.1. The van der Waals surface area contributed by atoms with Crippen molar-refractivity contribution in [3.05, 3.63) is 46.0 Å². The fourth-order valence-corrected chi connectivity index (χ4v) is 4.58. The van der Waals surface area contributed by atoms with Crippen molar-refractivity contribution in [3.63, 3.8) is 0 Å². The summed E-state index contributed by atoms with van der Waals surface area (Å²) >= 11 is 3.50. The van der Waals surface area contributed by atoms with Gasteiger partial charge in [0.2, 0.25) is 11.8 Å². The second-order valence-corrected chi connectivity index (χ2v) is 12.0. The number of rotatable bonds is 10. The number of carbonyl (C=O) groups is 3. The van der Waals surface area contributed by atoms with Gasteiger partial charge in [0.1, 0.15) is 6.04 Å². The maximum Gasteiger partial charge on any atom is 0.331 e. The number of aliphatic carboxylic acids is 1. The van der Waals surface area contributed by atoms with E-state index in [0.29, 0.717) is 0 Å². The monoisotopic (exact) mass is 551 g/mol. The average molecular weight is 553 g/mol. The van der Waals surface area contributed by atoms with E-state index in [-0.39, 0.29) is 23.3 Å². The molecule has 0 aliphatic carbocycles. The molecule has 1 rings (SSSR count). The van der Waals surface area contributed by atoms with Gasteiger partial charge in [0.15, 0.2) is 0 Å². The van der Waals surface area contributed by atoms with E-state index < -0.39 is 34.9 Å². The Hall–Kier alpha value is -2.19. The molecule has 8 heteroatoms. The molecule has 0 aromatic heterocycles. The molecule has 0 aliphatic heterocycles. The third-order valence-corrected chi connectivity index (χ3v) is 6.97. The summed E-state index contributed by atoms with van der Waals surface area (Å²) in [5, 5.41) is 15.5. The Morgan fingerprint density at radius 2 is 1.66 bits per heavy atom. The summed E-state index contributed by atoms with van der Waals surface area (Å²) < 4.78 is 0.923. The third kappa shape index (κ3) is 7.90. The predicted octanol–water partition coefficient (Wildman–Crippen LogP) is 4.36. The minimum Gasteiger partial charge on any atom is -0.478 e. The molecule has 7 nitrogen and oxygen atoms in total. The van der Waals surface area contributed by atoms with Gasteiger partial charge >= 0.3 is 5.97 Å². The highest BCUT2D eigenvalue weighted by Crippen LogP contribution is 2.30. The number of hydrogen-bond acceptors (Lipinski definition) is 4. The Kier molecular flexibility index (Phi) is 10.7. The van der Waals surface area contributed by atoms with Crippen LogP contribution in [-0.4, -0.2) is 60.0 Å².